The maximum Gasteiger partial charge on any atom is 0.220 e. The summed E-state index contributed by atoms with van der Waals surface area (Å²) in [6.45, 7) is 1.87. The molecule has 0 aliphatic carbocycles. The molecule has 3 rings (SSSR count). The number of aliphatic hydroxyl groups excluding tert-OH is 11. The minimum atomic E-state index is -1.97. The predicted molar refractivity (Wildman–Crippen MR) is 388 cm³/mol. The summed E-state index contributed by atoms with van der Waals surface area (Å²) < 4.78 is 34.5. The second-order valence-corrected chi connectivity index (χ2v) is 29.6. The summed E-state index contributed by atoms with van der Waals surface area (Å²) in [5, 5.41) is 121. The first kappa shape index (κ1) is 90.7. The van der Waals surface area contributed by atoms with E-state index in [0.717, 1.165) is 44.9 Å². The third kappa shape index (κ3) is 40.7. The number of nitrogens with one attached hydrogen (secondary N) is 1. The van der Waals surface area contributed by atoms with Crippen molar-refractivity contribution in [3.63, 3.8) is 0 Å². The molecule has 19 nitrogen and oxygen atoms in total. The van der Waals surface area contributed by atoms with Gasteiger partial charge in [-0.05, 0) is 38.5 Å². The lowest BCUT2D eigenvalue weighted by Gasteiger charge is -2.48. The van der Waals surface area contributed by atoms with Crippen LogP contribution in [0.1, 0.15) is 354 Å². The maximum absolute atomic E-state index is 13.5. The number of aliphatic hydroxyl groups is 11. The largest absolute Gasteiger partial charge is 0.394 e. The summed E-state index contributed by atoms with van der Waals surface area (Å²) in [6.07, 6.45) is 44.4. The predicted octanol–water partition coefficient (Wildman–Crippen LogP) is 13.6. The molecule has 0 bridgehead atoms. The van der Waals surface area contributed by atoms with Gasteiger partial charge in [0.15, 0.2) is 18.9 Å². The van der Waals surface area contributed by atoms with Crippen molar-refractivity contribution in [2.24, 2.45) is 0 Å². The van der Waals surface area contributed by atoms with Crippen LogP contribution in [0.15, 0.2) is 12.2 Å². The number of hydrogen-bond acceptors (Lipinski definition) is 18. The Hall–Kier alpha value is -1.47. The molecule has 0 aromatic heterocycles. The van der Waals surface area contributed by atoms with Gasteiger partial charge in [-0.25, -0.2) is 0 Å². The number of amides is 1. The summed E-state index contributed by atoms with van der Waals surface area (Å²) in [5.74, 6) is -0.235. The Morgan fingerprint density at radius 3 is 0.990 bits per heavy atom. The summed E-state index contributed by atoms with van der Waals surface area (Å²) in [7, 11) is 0. The standard InChI is InChI=1S/C79H151NO18/c1-3-5-7-9-11-13-15-17-19-21-23-25-27-29-30-31-33-34-36-38-40-42-44-46-48-50-52-54-56-63(84)62(80-67(85)57-55-53-51-49-47-45-43-41-39-37-35-32-28-26-24-22-20-18-16-14-12-10-8-6-4-2)61-93-77-73(91)70(88)75(65(59-82)95-77)98-79-74(92)71(89)76(66(60-83)96-79)97-78-72(90)69(87)68(86)64(58-81)94-78/h22,24,62-66,68-79,81-84,86-92H,3-21,23,25-61H2,1-2H3,(H,80,85)/b24-22-. The van der Waals surface area contributed by atoms with E-state index < -0.39 is 124 Å². The fraction of sp³-hybridized carbons (Fsp3) is 0.962. The summed E-state index contributed by atoms with van der Waals surface area (Å²) in [6, 6.07) is -0.886. The molecular formula is C79H151NO18. The number of rotatable bonds is 66. The Kier molecular flexibility index (Phi) is 56.3. The van der Waals surface area contributed by atoms with Gasteiger partial charge in [0.05, 0.1) is 38.6 Å². The van der Waals surface area contributed by atoms with Crippen LogP contribution in [0.5, 0.6) is 0 Å². The highest BCUT2D eigenvalue weighted by molar-refractivity contribution is 5.76. The normalized spacial score (nSPS) is 26.7. The lowest BCUT2D eigenvalue weighted by Crippen LogP contribution is -2.66. The summed E-state index contributed by atoms with van der Waals surface area (Å²) in [4.78, 5) is 13.5. The monoisotopic (exact) mass is 1400 g/mol. The first-order valence-electron chi connectivity index (χ1n) is 40.9. The van der Waals surface area contributed by atoms with Crippen molar-refractivity contribution in [2.45, 2.75) is 458 Å². The van der Waals surface area contributed by atoms with Gasteiger partial charge >= 0.3 is 0 Å². The van der Waals surface area contributed by atoms with Crippen LogP contribution in [-0.4, -0.2) is 193 Å². The first-order valence-corrected chi connectivity index (χ1v) is 40.9. The van der Waals surface area contributed by atoms with E-state index in [-0.39, 0.29) is 18.9 Å². The van der Waals surface area contributed by atoms with Gasteiger partial charge in [0.2, 0.25) is 5.91 Å². The highest BCUT2D eigenvalue weighted by Crippen LogP contribution is 2.33. The average molecular weight is 1400 g/mol. The van der Waals surface area contributed by atoms with E-state index >= 15 is 0 Å². The topological polar surface area (TPSA) is 307 Å². The van der Waals surface area contributed by atoms with Crippen LogP contribution in [0, 0.1) is 0 Å². The van der Waals surface area contributed by atoms with Crippen LogP contribution in [0.2, 0.25) is 0 Å². The van der Waals surface area contributed by atoms with Crippen molar-refractivity contribution in [2.75, 3.05) is 26.4 Å². The zero-order valence-corrected chi connectivity index (χ0v) is 62.1. The molecule has 1 amide bonds. The van der Waals surface area contributed by atoms with Gasteiger partial charge < -0.3 is 89.9 Å². The molecule has 17 unspecified atom stereocenters. The quantitative estimate of drug-likeness (QED) is 0.0199. The van der Waals surface area contributed by atoms with Gasteiger partial charge in [-0.15, -0.1) is 0 Å². The smallest absolute Gasteiger partial charge is 0.220 e. The van der Waals surface area contributed by atoms with Crippen molar-refractivity contribution in [3.8, 4) is 0 Å². The molecule has 0 radical (unpaired) electrons. The van der Waals surface area contributed by atoms with Crippen LogP contribution < -0.4 is 5.32 Å². The van der Waals surface area contributed by atoms with E-state index in [0.29, 0.717) is 12.8 Å². The average Bonchev–Trinajstić information content (AvgIpc) is 0.784. The van der Waals surface area contributed by atoms with Gasteiger partial charge in [-0.2, -0.15) is 0 Å². The van der Waals surface area contributed by atoms with Gasteiger partial charge in [-0.1, -0.05) is 321 Å². The molecule has 3 aliphatic rings. The van der Waals surface area contributed by atoms with Crippen molar-refractivity contribution in [1.29, 1.82) is 0 Å². The lowest BCUT2D eigenvalue weighted by molar-refractivity contribution is -0.379. The molecule has 0 saturated carbocycles. The first-order chi connectivity index (χ1) is 47.8. The van der Waals surface area contributed by atoms with Crippen molar-refractivity contribution in [3.05, 3.63) is 12.2 Å². The minimum absolute atomic E-state index is 0.235. The third-order valence-electron chi connectivity index (χ3n) is 20.8. The van der Waals surface area contributed by atoms with E-state index in [4.69, 9.17) is 28.4 Å². The molecule has 98 heavy (non-hydrogen) atoms. The number of carbonyl (C=O) groups excluding carboxylic acids is 1. The van der Waals surface area contributed by atoms with Crippen LogP contribution in [0.3, 0.4) is 0 Å². The molecule has 0 aromatic carbocycles. The molecule has 17 atom stereocenters. The van der Waals surface area contributed by atoms with Crippen LogP contribution in [0.4, 0.5) is 0 Å². The van der Waals surface area contributed by atoms with Crippen molar-refractivity contribution < 1.29 is 89.4 Å². The van der Waals surface area contributed by atoms with Gasteiger partial charge in [0.25, 0.3) is 0 Å². The number of ether oxygens (including phenoxy) is 6. The Labute approximate surface area is 595 Å². The lowest BCUT2D eigenvalue weighted by atomic mass is 9.96. The van der Waals surface area contributed by atoms with Crippen molar-refractivity contribution >= 4 is 5.91 Å². The summed E-state index contributed by atoms with van der Waals surface area (Å²) >= 11 is 0. The van der Waals surface area contributed by atoms with Crippen LogP contribution >= 0.6 is 0 Å². The number of allylic oxidation sites excluding steroid dienone is 2. The highest BCUT2D eigenvalue weighted by Gasteiger charge is 2.54. The molecule has 12 N–H and O–H groups in total. The fourth-order valence-corrected chi connectivity index (χ4v) is 14.3. The van der Waals surface area contributed by atoms with Gasteiger partial charge in [0.1, 0.15) is 73.2 Å². The van der Waals surface area contributed by atoms with Gasteiger partial charge in [-0.3, -0.25) is 4.79 Å². The highest BCUT2D eigenvalue weighted by atomic mass is 16.8. The SMILES string of the molecule is CCCCCCCCCC/C=C\CCCCCCCCCCCCCCCC(=O)NC(COC1OC(CO)C(OC2OC(CO)C(OC3OC(CO)C(O)C(O)C3O)C(O)C2O)C(O)C1O)C(O)CCCCCCCCCCCCCCCCCCCCCCCCCCCCCC. The Morgan fingerprint density at radius 2 is 0.643 bits per heavy atom. The van der Waals surface area contributed by atoms with E-state index in [1.54, 1.807) is 0 Å². The van der Waals surface area contributed by atoms with Crippen LogP contribution in [0.25, 0.3) is 0 Å². The molecule has 3 saturated heterocycles. The van der Waals surface area contributed by atoms with Gasteiger partial charge in [0, 0.05) is 6.42 Å². The molecule has 3 heterocycles. The molecule has 0 aromatic rings. The molecule has 0 spiro atoms. The Bertz CT molecular complexity index is 1820. The van der Waals surface area contributed by atoms with E-state index in [9.17, 15) is 61.0 Å². The number of carbonyl (C=O) groups is 1. The Balaban J connectivity index is 1.37. The van der Waals surface area contributed by atoms with E-state index in [2.05, 4.69) is 31.3 Å². The van der Waals surface area contributed by atoms with Crippen LogP contribution in [-0.2, 0) is 33.2 Å². The zero-order valence-electron chi connectivity index (χ0n) is 62.1. The second kappa shape index (κ2) is 60.8. The molecular weight excluding hydrogens is 1250 g/mol. The number of hydrogen-bond donors (Lipinski definition) is 12. The fourth-order valence-electron chi connectivity index (χ4n) is 14.3. The zero-order chi connectivity index (χ0) is 71.1. The van der Waals surface area contributed by atoms with E-state index in [1.807, 2.05) is 0 Å². The maximum atomic E-state index is 13.5. The molecule has 580 valence electrons. The molecule has 3 aliphatic heterocycles. The molecule has 19 heteroatoms. The number of unbranched alkanes of at least 4 members (excludes halogenated alkanes) is 48. The summed E-state index contributed by atoms with van der Waals surface area (Å²) in [5.41, 5.74) is 0. The second-order valence-electron chi connectivity index (χ2n) is 29.6. The third-order valence-corrected chi connectivity index (χ3v) is 20.8. The Morgan fingerprint density at radius 1 is 0.357 bits per heavy atom. The minimum Gasteiger partial charge on any atom is -0.394 e. The van der Waals surface area contributed by atoms with Crippen molar-refractivity contribution in [1.82, 2.24) is 5.32 Å². The molecule has 3 fully saturated rings. The van der Waals surface area contributed by atoms with E-state index in [1.165, 1.54) is 276 Å².